The Kier molecular flexibility index (Phi) is 7.51. The van der Waals surface area contributed by atoms with Gasteiger partial charge in [-0.15, -0.1) is 0 Å². The maximum Gasteiger partial charge on any atom is 0.282 e. The third kappa shape index (κ3) is 5.38. The van der Waals surface area contributed by atoms with Gasteiger partial charge in [-0.2, -0.15) is 0 Å². The third-order valence-electron chi connectivity index (χ3n) is 5.55. The second-order valence-electron chi connectivity index (χ2n) is 8.16. The fraction of sp³-hybridized carbons (Fsp3) is 0.207. The molecule has 0 aliphatic carbocycles. The number of carbonyl (C=O) groups is 1. The minimum absolute atomic E-state index is 0.197. The van der Waals surface area contributed by atoms with Crippen LogP contribution in [0.1, 0.15) is 38.3 Å². The highest BCUT2D eigenvalue weighted by atomic mass is 19.1. The summed E-state index contributed by atoms with van der Waals surface area (Å²) in [6, 6.07) is 14.6. The van der Waals surface area contributed by atoms with Crippen LogP contribution >= 0.6 is 0 Å². The van der Waals surface area contributed by atoms with E-state index in [0.717, 1.165) is 17.6 Å². The van der Waals surface area contributed by atoms with Crippen molar-refractivity contribution in [2.75, 3.05) is 6.61 Å². The number of hydrogen-bond donors (Lipinski definition) is 0. The van der Waals surface area contributed by atoms with Gasteiger partial charge in [-0.25, -0.2) is 14.4 Å². The second kappa shape index (κ2) is 10.9. The first-order valence-electron chi connectivity index (χ1n) is 11.7. The van der Waals surface area contributed by atoms with Gasteiger partial charge in [0.2, 0.25) is 0 Å². The number of aliphatic imine (C=N–C) groups is 2. The molecule has 2 aromatic rings. The van der Waals surface area contributed by atoms with E-state index in [1.165, 1.54) is 11.0 Å². The van der Waals surface area contributed by atoms with E-state index < -0.39 is 5.82 Å². The zero-order valence-electron chi connectivity index (χ0n) is 20.2. The number of ether oxygens (including phenoxy) is 1. The molecular formula is C29H28FN3O2. The topological polar surface area (TPSA) is 54.3 Å². The van der Waals surface area contributed by atoms with E-state index in [1.54, 1.807) is 24.4 Å². The van der Waals surface area contributed by atoms with Crippen molar-refractivity contribution in [1.82, 2.24) is 4.90 Å². The molecule has 2 aromatic carbocycles. The van der Waals surface area contributed by atoms with Crippen molar-refractivity contribution in [3.63, 3.8) is 0 Å². The Morgan fingerprint density at radius 3 is 2.60 bits per heavy atom. The summed E-state index contributed by atoms with van der Waals surface area (Å²) in [7, 11) is 0. The Morgan fingerprint density at radius 1 is 1.11 bits per heavy atom. The Labute approximate surface area is 205 Å². The second-order valence-corrected chi connectivity index (χ2v) is 8.16. The highest BCUT2D eigenvalue weighted by Crippen LogP contribution is 2.28. The number of carbonyl (C=O) groups excluding carboxylic acids is 1. The molecule has 5 nitrogen and oxygen atoms in total. The van der Waals surface area contributed by atoms with Gasteiger partial charge in [0.1, 0.15) is 5.70 Å². The Bertz CT molecular complexity index is 1300. The zero-order chi connectivity index (χ0) is 24.8. The highest BCUT2D eigenvalue weighted by Gasteiger charge is 2.35. The van der Waals surface area contributed by atoms with Gasteiger partial charge in [-0.05, 0) is 55.2 Å². The van der Waals surface area contributed by atoms with Crippen LogP contribution in [0.25, 0.3) is 6.08 Å². The molecule has 0 aromatic heterocycles. The number of benzene rings is 2. The summed E-state index contributed by atoms with van der Waals surface area (Å²) in [5, 5.41) is 0. The molecule has 0 bridgehead atoms. The number of rotatable bonds is 8. The van der Waals surface area contributed by atoms with Crippen molar-refractivity contribution in [1.29, 1.82) is 0 Å². The molecule has 0 saturated heterocycles. The van der Waals surface area contributed by atoms with E-state index in [1.807, 2.05) is 69.3 Å². The van der Waals surface area contributed by atoms with Crippen LogP contribution in [0, 0.1) is 5.82 Å². The van der Waals surface area contributed by atoms with Crippen LogP contribution in [0.4, 0.5) is 4.39 Å². The Balaban J connectivity index is 1.71. The minimum Gasteiger partial charge on any atom is -0.491 e. The van der Waals surface area contributed by atoms with Crippen molar-refractivity contribution in [2.45, 2.75) is 33.6 Å². The summed E-state index contributed by atoms with van der Waals surface area (Å²) in [4.78, 5) is 24.4. The average molecular weight is 470 g/mol. The van der Waals surface area contributed by atoms with Crippen molar-refractivity contribution in [2.24, 2.45) is 9.98 Å². The van der Waals surface area contributed by atoms with Gasteiger partial charge < -0.3 is 4.74 Å². The fourth-order valence-electron chi connectivity index (χ4n) is 3.85. The van der Waals surface area contributed by atoms with E-state index in [0.29, 0.717) is 35.8 Å². The lowest BCUT2D eigenvalue weighted by atomic mass is 10.0. The minimum atomic E-state index is -0.471. The predicted octanol–water partition coefficient (Wildman–Crippen LogP) is 6.26. The van der Waals surface area contributed by atoms with Crippen LogP contribution in [0.2, 0.25) is 0 Å². The lowest BCUT2D eigenvalue weighted by molar-refractivity contribution is -0.120. The zero-order valence-corrected chi connectivity index (χ0v) is 20.2. The summed E-state index contributed by atoms with van der Waals surface area (Å²) in [6.07, 6.45) is 10.5. The van der Waals surface area contributed by atoms with Gasteiger partial charge >= 0.3 is 0 Å². The summed E-state index contributed by atoms with van der Waals surface area (Å²) in [6.45, 7) is 6.28. The maximum atomic E-state index is 14.5. The number of nitrogens with zero attached hydrogens (tertiary/aromatic N) is 3. The van der Waals surface area contributed by atoms with Crippen molar-refractivity contribution in [3.05, 3.63) is 107 Å². The van der Waals surface area contributed by atoms with Gasteiger partial charge in [0.25, 0.3) is 5.91 Å². The molecule has 0 N–H and O–H groups in total. The van der Waals surface area contributed by atoms with Crippen molar-refractivity contribution in [3.8, 4) is 5.75 Å². The van der Waals surface area contributed by atoms with E-state index in [9.17, 15) is 9.18 Å². The van der Waals surface area contributed by atoms with Gasteiger partial charge in [0.15, 0.2) is 17.4 Å². The van der Waals surface area contributed by atoms with E-state index in [-0.39, 0.29) is 17.4 Å². The smallest absolute Gasteiger partial charge is 0.282 e. The van der Waals surface area contributed by atoms with Gasteiger partial charge in [0, 0.05) is 12.6 Å². The molecule has 0 spiro atoms. The molecule has 1 amide bonds. The fourth-order valence-corrected chi connectivity index (χ4v) is 3.85. The number of halogens is 1. The predicted molar refractivity (Wildman–Crippen MR) is 139 cm³/mol. The molecule has 178 valence electrons. The Hall–Kier alpha value is -4.06. The maximum absolute atomic E-state index is 14.5. The Morgan fingerprint density at radius 2 is 1.91 bits per heavy atom. The molecule has 2 aliphatic rings. The first-order chi connectivity index (χ1) is 17.0. The first-order valence-corrected chi connectivity index (χ1v) is 11.7. The average Bonchev–Trinajstić information content (AvgIpc) is 3.18. The molecule has 0 unspecified atom stereocenters. The number of fused-ring (bicyclic) bond motifs is 1. The molecule has 6 heteroatoms. The molecule has 0 radical (unpaired) electrons. The monoisotopic (exact) mass is 469 g/mol. The van der Waals surface area contributed by atoms with E-state index >= 15 is 0 Å². The number of hydrogen-bond acceptors (Lipinski definition) is 4. The van der Waals surface area contributed by atoms with Gasteiger partial charge in [-0.1, -0.05) is 61.5 Å². The van der Waals surface area contributed by atoms with Crippen LogP contribution in [0.5, 0.6) is 5.75 Å². The van der Waals surface area contributed by atoms with Crippen LogP contribution in [-0.4, -0.2) is 29.0 Å². The summed E-state index contributed by atoms with van der Waals surface area (Å²) in [5.74, 6) is -0.0572. The van der Waals surface area contributed by atoms with Crippen LogP contribution in [-0.2, 0) is 11.2 Å². The van der Waals surface area contributed by atoms with Crippen molar-refractivity contribution >= 4 is 23.5 Å². The van der Waals surface area contributed by atoms with E-state index in [2.05, 4.69) is 4.99 Å². The van der Waals surface area contributed by atoms with Crippen LogP contribution in [0.15, 0.2) is 99.9 Å². The van der Waals surface area contributed by atoms with E-state index in [4.69, 9.17) is 9.73 Å². The third-order valence-corrected chi connectivity index (χ3v) is 5.55. The van der Waals surface area contributed by atoms with Crippen LogP contribution < -0.4 is 4.74 Å². The summed E-state index contributed by atoms with van der Waals surface area (Å²) >= 11 is 0. The molecule has 35 heavy (non-hydrogen) atoms. The molecule has 2 heterocycles. The van der Waals surface area contributed by atoms with Crippen molar-refractivity contribution < 1.29 is 13.9 Å². The van der Waals surface area contributed by atoms with Gasteiger partial charge in [-0.3, -0.25) is 9.69 Å². The summed E-state index contributed by atoms with van der Waals surface area (Å²) < 4.78 is 19.9. The highest BCUT2D eigenvalue weighted by molar-refractivity contribution is 6.48. The largest absolute Gasteiger partial charge is 0.491 e. The van der Waals surface area contributed by atoms with Crippen LogP contribution in [0.3, 0.4) is 0 Å². The number of allylic oxidation sites excluding steroid dienone is 3. The molecule has 0 atom stereocenters. The molecule has 2 aliphatic heterocycles. The molecule has 0 fully saturated rings. The molecule has 4 rings (SSSR count). The number of amides is 1. The standard InChI is InChI=1S/C29H28FN3O2/c1-4-10-22(6-3)26-19-33-28(24(31-26)17-20-11-8-7-9-12-20)32-25(29(33)34)18-21-13-14-27(23(30)16-21)35-15-5-2/h4,6-14,16,18-19H,5,15,17H2,1-3H3/b10-4-,22-6+,25-18-. The van der Waals surface area contributed by atoms with Gasteiger partial charge in [0.05, 0.1) is 18.0 Å². The SMILES string of the molecule is C/C=C\C(=C/C)C1=CN2C(=O)/C(=C/c3ccc(OCCC)c(F)c3)N=C2C(Cc2ccccc2)=N1. The number of amidine groups is 1. The normalized spacial score (nSPS) is 17.0. The lowest BCUT2D eigenvalue weighted by Crippen LogP contribution is -2.36. The molecule has 0 saturated carbocycles. The lowest BCUT2D eigenvalue weighted by Gasteiger charge is -2.22. The molecular weight excluding hydrogens is 441 g/mol. The summed E-state index contributed by atoms with van der Waals surface area (Å²) in [5.41, 5.74) is 4.13. The first kappa shape index (κ1) is 24.1. The quantitative estimate of drug-likeness (QED) is 0.339.